The quantitative estimate of drug-likeness (QED) is 0.855. The fraction of sp³-hybridized carbons (Fsp3) is 0.333. The monoisotopic (exact) mass is 329 g/mol. The Labute approximate surface area is 140 Å². The van der Waals surface area contributed by atoms with Crippen LogP contribution < -0.4 is 15.4 Å². The molecule has 0 saturated carbocycles. The number of halogens is 1. The zero-order valence-electron chi connectivity index (χ0n) is 13.3. The first-order valence-corrected chi connectivity index (χ1v) is 8.07. The number of pyridine rings is 1. The maximum atomic E-state index is 12.8. The summed E-state index contributed by atoms with van der Waals surface area (Å²) in [7, 11) is 0. The van der Waals surface area contributed by atoms with Gasteiger partial charge in [-0.1, -0.05) is 6.07 Å². The van der Waals surface area contributed by atoms with Crippen LogP contribution in [0.5, 0.6) is 11.6 Å². The SMILES string of the molecule is O=C(CC1CCCN1)NCc1ccc(Oc2ccc(F)cc2)nc1. The van der Waals surface area contributed by atoms with Gasteiger partial charge in [-0.3, -0.25) is 4.79 Å². The Balaban J connectivity index is 1.47. The summed E-state index contributed by atoms with van der Waals surface area (Å²) in [5, 5.41) is 6.21. The minimum Gasteiger partial charge on any atom is -0.439 e. The highest BCUT2D eigenvalue weighted by Gasteiger charge is 2.17. The van der Waals surface area contributed by atoms with Gasteiger partial charge >= 0.3 is 0 Å². The average molecular weight is 329 g/mol. The summed E-state index contributed by atoms with van der Waals surface area (Å²) in [6.07, 6.45) is 4.37. The van der Waals surface area contributed by atoms with Crippen molar-refractivity contribution in [1.29, 1.82) is 0 Å². The Kier molecular flexibility index (Phi) is 5.38. The largest absolute Gasteiger partial charge is 0.439 e. The van der Waals surface area contributed by atoms with Crippen LogP contribution in [0.3, 0.4) is 0 Å². The lowest BCUT2D eigenvalue weighted by atomic mass is 10.1. The Morgan fingerprint density at radius 1 is 1.29 bits per heavy atom. The number of nitrogens with zero attached hydrogens (tertiary/aromatic N) is 1. The molecule has 2 heterocycles. The molecule has 1 saturated heterocycles. The highest BCUT2D eigenvalue weighted by Crippen LogP contribution is 2.19. The maximum absolute atomic E-state index is 12.8. The van der Waals surface area contributed by atoms with Crippen LogP contribution >= 0.6 is 0 Å². The first kappa shape index (κ1) is 16.4. The number of benzene rings is 1. The maximum Gasteiger partial charge on any atom is 0.221 e. The van der Waals surface area contributed by atoms with Crippen LogP contribution in [-0.4, -0.2) is 23.5 Å². The van der Waals surface area contributed by atoms with Crippen LogP contribution in [0, 0.1) is 5.82 Å². The number of hydrogen-bond donors (Lipinski definition) is 2. The molecule has 1 aliphatic heterocycles. The molecule has 2 aromatic rings. The molecule has 1 aromatic heterocycles. The van der Waals surface area contributed by atoms with Crippen LogP contribution in [0.1, 0.15) is 24.8 Å². The van der Waals surface area contributed by atoms with Gasteiger partial charge in [0.05, 0.1) is 0 Å². The predicted octanol–water partition coefficient (Wildman–Crippen LogP) is 2.77. The predicted molar refractivity (Wildman–Crippen MR) is 88.2 cm³/mol. The van der Waals surface area contributed by atoms with Crippen molar-refractivity contribution in [3.8, 4) is 11.6 Å². The van der Waals surface area contributed by atoms with E-state index in [0.29, 0.717) is 30.6 Å². The molecule has 3 rings (SSSR count). The standard InChI is InChI=1S/C18H20FN3O2/c19-14-4-6-16(7-5-14)24-18-8-3-13(12-22-18)11-21-17(23)10-15-2-1-9-20-15/h3-8,12,15,20H,1-2,9-11H2,(H,21,23). The number of rotatable bonds is 6. The molecular weight excluding hydrogens is 309 g/mol. The van der Waals surface area contributed by atoms with Crippen molar-refractivity contribution < 1.29 is 13.9 Å². The summed E-state index contributed by atoms with van der Waals surface area (Å²) < 4.78 is 18.4. The van der Waals surface area contributed by atoms with E-state index < -0.39 is 0 Å². The minimum absolute atomic E-state index is 0.0426. The molecule has 1 unspecified atom stereocenters. The molecule has 6 heteroatoms. The van der Waals surface area contributed by atoms with Gasteiger partial charge in [-0.05, 0) is 49.2 Å². The van der Waals surface area contributed by atoms with Crippen molar-refractivity contribution in [2.45, 2.75) is 31.8 Å². The lowest BCUT2D eigenvalue weighted by Gasteiger charge is -2.10. The topological polar surface area (TPSA) is 63.2 Å². The van der Waals surface area contributed by atoms with Gasteiger partial charge in [-0.15, -0.1) is 0 Å². The van der Waals surface area contributed by atoms with Crippen LogP contribution in [0.25, 0.3) is 0 Å². The number of ether oxygens (including phenoxy) is 1. The van der Waals surface area contributed by atoms with E-state index in [1.807, 2.05) is 6.07 Å². The molecule has 1 atom stereocenters. The molecule has 0 bridgehead atoms. The Bertz CT molecular complexity index is 668. The van der Waals surface area contributed by atoms with Gasteiger partial charge in [0.15, 0.2) is 0 Å². The molecule has 0 spiro atoms. The van der Waals surface area contributed by atoms with Crippen molar-refractivity contribution in [3.63, 3.8) is 0 Å². The summed E-state index contributed by atoms with van der Waals surface area (Å²) in [6.45, 7) is 1.44. The molecule has 126 valence electrons. The zero-order chi connectivity index (χ0) is 16.8. The minimum atomic E-state index is -0.311. The van der Waals surface area contributed by atoms with Crippen molar-refractivity contribution in [1.82, 2.24) is 15.6 Å². The van der Waals surface area contributed by atoms with E-state index in [-0.39, 0.29) is 11.7 Å². The lowest BCUT2D eigenvalue weighted by molar-refractivity contribution is -0.121. The van der Waals surface area contributed by atoms with Crippen LogP contribution in [-0.2, 0) is 11.3 Å². The van der Waals surface area contributed by atoms with E-state index in [1.54, 1.807) is 24.4 Å². The third kappa shape index (κ3) is 4.76. The van der Waals surface area contributed by atoms with Crippen LogP contribution in [0.15, 0.2) is 42.6 Å². The zero-order valence-corrected chi connectivity index (χ0v) is 13.3. The number of carbonyl (C=O) groups is 1. The fourth-order valence-electron chi connectivity index (χ4n) is 2.63. The second-order valence-corrected chi connectivity index (χ2v) is 5.83. The normalized spacial score (nSPS) is 16.8. The summed E-state index contributed by atoms with van der Waals surface area (Å²) in [5.74, 6) is 0.677. The fourth-order valence-corrected chi connectivity index (χ4v) is 2.63. The second-order valence-electron chi connectivity index (χ2n) is 5.83. The van der Waals surface area contributed by atoms with E-state index in [4.69, 9.17) is 4.74 Å². The van der Waals surface area contributed by atoms with Crippen molar-refractivity contribution in [2.24, 2.45) is 0 Å². The summed E-state index contributed by atoms with van der Waals surface area (Å²) in [6, 6.07) is 9.62. The molecule has 0 radical (unpaired) electrons. The third-order valence-electron chi connectivity index (χ3n) is 3.92. The van der Waals surface area contributed by atoms with E-state index in [1.165, 1.54) is 12.1 Å². The van der Waals surface area contributed by atoms with E-state index in [2.05, 4.69) is 15.6 Å². The van der Waals surface area contributed by atoms with E-state index >= 15 is 0 Å². The number of carbonyl (C=O) groups excluding carboxylic acids is 1. The molecule has 5 nitrogen and oxygen atoms in total. The molecule has 24 heavy (non-hydrogen) atoms. The molecule has 1 aliphatic rings. The van der Waals surface area contributed by atoms with Crippen molar-refractivity contribution in [2.75, 3.05) is 6.54 Å². The number of hydrogen-bond acceptors (Lipinski definition) is 4. The third-order valence-corrected chi connectivity index (χ3v) is 3.92. The Morgan fingerprint density at radius 3 is 2.79 bits per heavy atom. The smallest absolute Gasteiger partial charge is 0.221 e. The van der Waals surface area contributed by atoms with Gasteiger partial charge in [0.25, 0.3) is 0 Å². The molecule has 1 fully saturated rings. The van der Waals surface area contributed by atoms with E-state index in [9.17, 15) is 9.18 Å². The van der Waals surface area contributed by atoms with E-state index in [0.717, 1.165) is 24.9 Å². The summed E-state index contributed by atoms with van der Waals surface area (Å²) >= 11 is 0. The molecule has 1 amide bonds. The summed E-state index contributed by atoms with van der Waals surface area (Å²) in [4.78, 5) is 16.1. The molecule has 0 aliphatic carbocycles. The number of aromatic nitrogens is 1. The number of amides is 1. The van der Waals surface area contributed by atoms with Crippen molar-refractivity contribution in [3.05, 3.63) is 54.0 Å². The molecule has 2 N–H and O–H groups in total. The van der Waals surface area contributed by atoms with Gasteiger partial charge in [0.2, 0.25) is 11.8 Å². The van der Waals surface area contributed by atoms with Crippen LogP contribution in [0.2, 0.25) is 0 Å². The second kappa shape index (κ2) is 7.88. The Morgan fingerprint density at radius 2 is 2.12 bits per heavy atom. The van der Waals surface area contributed by atoms with Gasteiger partial charge in [-0.25, -0.2) is 9.37 Å². The van der Waals surface area contributed by atoms with Gasteiger partial charge in [0.1, 0.15) is 11.6 Å². The first-order chi connectivity index (χ1) is 11.7. The highest BCUT2D eigenvalue weighted by atomic mass is 19.1. The van der Waals surface area contributed by atoms with Crippen molar-refractivity contribution >= 4 is 5.91 Å². The number of nitrogens with one attached hydrogen (secondary N) is 2. The molecular formula is C18H20FN3O2. The Hall–Kier alpha value is -2.47. The molecule has 1 aromatic carbocycles. The van der Waals surface area contributed by atoms with Gasteiger partial charge < -0.3 is 15.4 Å². The van der Waals surface area contributed by atoms with Gasteiger partial charge in [0, 0.05) is 31.3 Å². The highest BCUT2D eigenvalue weighted by molar-refractivity contribution is 5.76. The first-order valence-electron chi connectivity index (χ1n) is 8.07. The van der Waals surface area contributed by atoms with Crippen LogP contribution in [0.4, 0.5) is 4.39 Å². The summed E-state index contributed by atoms with van der Waals surface area (Å²) in [5.41, 5.74) is 0.897. The average Bonchev–Trinajstić information content (AvgIpc) is 3.09. The lowest BCUT2D eigenvalue weighted by Crippen LogP contribution is -2.31. The van der Waals surface area contributed by atoms with Gasteiger partial charge in [-0.2, -0.15) is 0 Å².